The predicted octanol–water partition coefficient (Wildman–Crippen LogP) is 3.63. The van der Waals surface area contributed by atoms with Crippen molar-refractivity contribution in [1.29, 1.82) is 0 Å². The monoisotopic (exact) mass is 493 g/mol. The van der Waals surface area contributed by atoms with E-state index in [1.54, 1.807) is 0 Å². The van der Waals surface area contributed by atoms with Crippen LogP contribution in [0.1, 0.15) is 48.9 Å². The predicted molar refractivity (Wildman–Crippen MR) is 121 cm³/mol. The highest BCUT2D eigenvalue weighted by molar-refractivity contribution is 5.92. The molecule has 10 heteroatoms. The summed E-state index contributed by atoms with van der Waals surface area (Å²) in [5.74, 6) is -3.58. The molecule has 1 aliphatic rings. The van der Waals surface area contributed by atoms with Gasteiger partial charge in [-0.1, -0.05) is 68.4 Å². The van der Waals surface area contributed by atoms with Gasteiger partial charge in [0.25, 0.3) is 0 Å². The molecule has 1 saturated heterocycles. The van der Waals surface area contributed by atoms with Crippen LogP contribution in [0.3, 0.4) is 0 Å². The standard InChI is InChI=1S/C25H27F4N3O3/c1-15(2)16-8-10-18(11-9-16)22(17-6-4-3-5-7-17)31-23(34)20-12-19(26)14-32(20)21(33)13-30-24(35)25(27,28)29/h3-11,15,19-20,22H,12-14H2,1-2H3,(H,30,35)(H,31,34)/t19-,20+,22+/m1/s1. The number of hydrogen-bond acceptors (Lipinski definition) is 3. The molecule has 35 heavy (non-hydrogen) atoms. The van der Waals surface area contributed by atoms with Gasteiger partial charge in [-0.25, -0.2) is 4.39 Å². The fraction of sp³-hybridized carbons (Fsp3) is 0.400. The molecule has 1 heterocycles. The summed E-state index contributed by atoms with van der Waals surface area (Å²) < 4.78 is 51.4. The maximum Gasteiger partial charge on any atom is 0.471 e. The average molecular weight is 494 g/mol. The highest BCUT2D eigenvalue weighted by Crippen LogP contribution is 2.27. The van der Waals surface area contributed by atoms with Gasteiger partial charge < -0.3 is 15.5 Å². The number of alkyl halides is 4. The molecule has 0 unspecified atom stereocenters. The van der Waals surface area contributed by atoms with E-state index in [4.69, 9.17) is 0 Å². The van der Waals surface area contributed by atoms with Crippen LogP contribution in [-0.2, 0) is 14.4 Å². The number of hydrogen-bond donors (Lipinski definition) is 2. The molecule has 3 atom stereocenters. The molecule has 0 radical (unpaired) electrons. The second-order valence-electron chi connectivity index (χ2n) is 8.75. The molecule has 2 aromatic carbocycles. The number of nitrogens with zero attached hydrogens (tertiary/aromatic N) is 1. The quantitative estimate of drug-likeness (QED) is 0.579. The maximum absolute atomic E-state index is 14.2. The molecule has 6 nitrogen and oxygen atoms in total. The van der Waals surface area contributed by atoms with Gasteiger partial charge in [-0.3, -0.25) is 14.4 Å². The van der Waals surface area contributed by atoms with Crippen molar-refractivity contribution in [2.24, 2.45) is 0 Å². The Morgan fingerprint density at radius 2 is 1.54 bits per heavy atom. The lowest BCUT2D eigenvalue weighted by atomic mass is 9.95. The molecular weight excluding hydrogens is 466 g/mol. The number of rotatable bonds is 7. The zero-order valence-electron chi connectivity index (χ0n) is 19.3. The number of amides is 3. The van der Waals surface area contributed by atoms with Gasteiger partial charge in [0, 0.05) is 6.42 Å². The summed E-state index contributed by atoms with van der Waals surface area (Å²) in [6, 6.07) is 14.9. The normalized spacial score (nSPS) is 18.9. The second-order valence-corrected chi connectivity index (χ2v) is 8.75. The molecule has 188 valence electrons. The van der Waals surface area contributed by atoms with Crippen molar-refractivity contribution in [2.45, 2.75) is 50.6 Å². The second kappa shape index (κ2) is 10.9. The summed E-state index contributed by atoms with van der Waals surface area (Å²) in [7, 11) is 0. The summed E-state index contributed by atoms with van der Waals surface area (Å²) in [4.78, 5) is 37.6. The Labute approximate surface area is 200 Å². The molecule has 0 spiro atoms. The average Bonchev–Trinajstić information content (AvgIpc) is 3.22. The van der Waals surface area contributed by atoms with Crippen molar-refractivity contribution in [1.82, 2.24) is 15.5 Å². The summed E-state index contributed by atoms with van der Waals surface area (Å²) in [6.07, 6.45) is -6.97. The van der Waals surface area contributed by atoms with E-state index < -0.39 is 55.2 Å². The Kier molecular flexibility index (Phi) is 8.14. The molecule has 0 bridgehead atoms. The minimum absolute atomic E-state index is 0.293. The largest absolute Gasteiger partial charge is 0.471 e. The van der Waals surface area contributed by atoms with Crippen molar-refractivity contribution < 1.29 is 31.9 Å². The van der Waals surface area contributed by atoms with Crippen molar-refractivity contribution in [3.05, 3.63) is 71.3 Å². The first kappa shape index (κ1) is 26.2. The van der Waals surface area contributed by atoms with Crippen LogP contribution in [0.5, 0.6) is 0 Å². The number of nitrogens with one attached hydrogen (secondary N) is 2. The molecular formula is C25H27F4N3O3. The summed E-state index contributed by atoms with van der Waals surface area (Å²) in [5.41, 5.74) is 2.66. The molecule has 1 aliphatic heterocycles. The van der Waals surface area contributed by atoms with E-state index in [1.165, 1.54) is 5.32 Å². The van der Waals surface area contributed by atoms with Crippen molar-refractivity contribution in [3.8, 4) is 0 Å². The number of carbonyl (C=O) groups excluding carboxylic acids is 3. The van der Waals surface area contributed by atoms with Gasteiger partial charge in [0.1, 0.15) is 12.2 Å². The first-order chi connectivity index (χ1) is 16.5. The van der Waals surface area contributed by atoms with Gasteiger partial charge in [0.05, 0.1) is 19.1 Å². The van der Waals surface area contributed by atoms with Crippen LogP contribution in [0.4, 0.5) is 17.6 Å². The third-order valence-electron chi connectivity index (χ3n) is 5.89. The van der Waals surface area contributed by atoms with E-state index in [0.717, 1.165) is 21.6 Å². The third-order valence-corrected chi connectivity index (χ3v) is 5.89. The molecule has 2 aromatic rings. The number of halogens is 4. The fourth-order valence-electron chi connectivity index (χ4n) is 3.98. The molecule has 0 aliphatic carbocycles. The lowest BCUT2D eigenvalue weighted by Crippen LogP contribution is -2.50. The van der Waals surface area contributed by atoms with Gasteiger partial charge >= 0.3 is 12.1 Å². The Morgan fingerprint density at radius 3 is 2.11 bits per heavy atom. The molecule has 3 rings (SSSR count). The van der Waals surface area contributed by atoms with Gasteiger partial charge in [-0.05, 0) is 22.6 Å². The van der Waals surface area contributed by atoms with Crippen LogP contribution in [-0.4, -0.2) is 54.1 Å². The Morgan fingerprint density at radius 1 is 0.971 bits per heavy atom. The maximum atomic E-state index is 14.2. The van der Waals surface area contributed by atoms with Gasteiger partial charge in [0.15, 0.2) is 0 Å². The van der Waals surface area contributed by atoms with Crippen LogP contribution in [0, 0.1) is 0 Å². The topological polar surface area (TPSA) is 78.5 Å². The molecule has 1 fully saturated rings. The zero-order valence-corrected chi connectivity index (χ0v) is 19.3. The molecule has 0 aromatic heterocycles. The van der Waals surface area contributed by atoms with E-state index in [2.05, 4.69) is 19.2 Å². The van der Waals surface area contributed by atoms with Crippen LogP contribution in [0.2, 0.25) is 0 Å². The molecule has 3 amide bonds. The van der Waals surface area contributed by atoms with Crippen molar-refractivity contribution >= 4 is 17.7 Å². The third kappa shape index (κ3) is 6.58. The lowest BCUT2D eigenvalue weighted by Gasteiger charge is -2.27. The van der Waals surface area contributed by atoms with Crippen LogP contribution in [0.25, 0.3) is 0 Å². The minimum atomic E-state index is -5.15. The SMILES string of the molecule is CC(C)c1ccc([C@@H](NC(=O)[C@@H]2C[C@@H](F)CN2C(=O)CNC(=O)C(F)(F)F)c2ccccc2)cc1. The van der Waals surface area contributed by atoms with Gasteiger partial charge in [0.2, 0.25) is 11.8 Å². The number of carbonyl (C=O) groups is 3. The smallest absolute Gasteiger partial charge is 0.343 e. The Bertz CT molecular complexity index is 1040. The minimum Gasteiger partial charge on any atom is -0.343 e. The summed E-state index contributed by atoms with van der Waals surface area (Å²) >= 11 is 0. The first-order valence-electron chi connectivity index (χ1n) is 11.2. The van der Waals surface area contributed by atoms with E-state index in [1.807, 2.05) is 54.6 Å². The van der Waals surface area contributed by atoms with E-state index in [0.29, 0.717) is 5.92 Å². The van der Waals surface area contributed by atoms with Crippen LogP contribution in [0.15, 0.2) is 54.6 Å². The van der Waals surface area contributed by atoms with E-state index in [-0.39, 0.29) is 6.42 Å². The van der Waals surface area contributed by atoms with Crippen LogP contribution < -0.4 is 10.6 Å². The number of benzene rings is 2. The van der Waals surface area contributed by atoms with Gasteiger partial charge in [-0.2, -0.15) is 13.2 Å². The fourth-order valence-corrected chi connectivity index (χ4v) is 3.98. The first-order valence-corrected chi connectivity index (χ1v) is 11.2. The highest BCUT2D eigenvalue weighted by Gasteiger charge is 2.42. The van der Waals surface area contributed by atoms with Crippen molar-refractivity contribution in [3.63, 3.8) is 0 Å². The molecule has 0 saturated carbocycles. The number of likely N-dealkylation sites (tertiary alicyclic amines) is 1. The summed E-state index contributed by atoms with van der Waals surface area (Å²) in [5, 5.41) is 4.34. The highest BCUT2D eigenvalue weighted by atomic mass is 19.4. The van der Waals surface area contributed by atoms with E-state index >= 15 is 0 Å². The zero-order chi connectivity index (χ0) is 25.8. The Balaban J connectivity index is 1.78. The lowest BCUT2D eigenvalue weighted by molar-refractivity contribution is -0.174. The van der Waals surface area contributed by atoms with E-state index in [9.17, 15) is 31.9 Å². The van der Waals surface area contributed by atoms with Gasteiger partial charge in [-0.15, -0.1) is 0 Å². The van der Waals surface area contributed by atoms with Crippen molar-refractivity contribution in [2.75, 3.05) is 13.1 Å². The Hall–Kier alpha value is -3.43. The van der Waals surface area contributed by atoms with Crippen LogP contribution >= 0.6 is 0 Å². The summed E-state index contributed by atoms with van der Waals surface area (Å²) in [6.45, 7) is 2.68. The molecule has 2 N–H and O–H groups in total.